The van der Waals surface area contributed by atoms with Crippen LogP contribution in [0.1, 0.15) is 0 Å². The van der Waals surface area contributed by atoms with Crippen LogP contribution in [-0.4, -0.2) is 4.98 Å². The Morgan fingerprint density at radius 1 is 1.36 bits per heavy atom. The largest absolute Gasteiger partial charge is 0.419 e. The second kappa shape index (κ2) is 3.25. The molecule has 0 spiro atoms. The van der Waals surface area contributed by atoms with Crippen molar-refractivity contribution in [2.24, 2.45) is 0 Å². The molecule has 14 heavy (non-hydrogen) atoms. The molecule has 0 saturated carbocycles. The smallest absolute Gasteiger partial charge is 0.372 e. The number of H-pyrrole nitrogens is 1. The maximum Gasteiger partial charge on any atom is 0.419 e. The van der Waals surface area contributed by atoms with Crippen molar-refractivity contribution in [3.63, 3.8) is 0 Å². The Labute approximate surface area is 90.6 Å². The third kappa shape index (κ3) is 1.38. The third-order valence-corrected chi connectivity index (χ3v) is 3.01. The molecule has 2 rings (SSSR count). The average Bonchev–Trinajstić information content (AvgIpc) is 2.12. The van der Waals surface area contributed by atoms with Gasteiger partial charge in [0.05, 0.1) is 15.9 Å². The van der Waals surface area contributed by atoms with E-state index in [1.165, 1.54) is 6.07 Å². The number of aromatic nitrogens is 1. The first-order valence-electron chi connectivity index (χ1n) is 3.61. The molecule has 72 valence electrons. The van der Waals surface area contributed by atoms with Crippen LogP contribution in [0, 0.1) is 0 Å². The van der Waals surface area contributed by atoms with Crippen molar-refractivity contribution >= 4 is 38.4 Å². The molecule has 0 saturated heterocycles. The summed E-state index contributed by atoms with van der Waals surface area (Å²) in [4.78, 5) is 24.4. The third-order valence-electron chi connectivity index (χ3n) is 1.73. The fourth-order valence-corrected chi connectivity index (χ4v) is 1.65. The number of nitrogens with one attached hydrogen (secondary N) is 1. The summed E-state index contributed by atoms with van der Waals surface area (Å²) >= 11 is 9.05. The zero-order valence-electron chi connectivity index (χ0n) is 6.64. The van der Waals surface area contributed by atoms with E-state index in [2.05, 4.69) is 25.3 Å². The molecule has 0 atom stereocenters. The first-order valence-corrected chi connectivity index (χ1v) is 4.78. The second-order valence-electron chi connectivity index (χ2n) is 2.59. The first-order chi connectivity index (χ1) is 6.59. The van der Waals surface area contributed by atoms with Gasteiger partial charge in [0.2, 0.25) is 0 Å². The van der Waals surface area contributed by atoms with Crippen LogP contribution in [0.5, 0.6) is 0 Å². The standard InChI is InChI=1S/C8H3BrClNO3/c9-4-2-1-3-6(5(4)10)11-8(13)14-7(3)12/h1-2H,(H,11,13). The van der Waals surface area contributed by atoms with Gasteiger partial charge in [0, 0.05) is 4.47 Å². The highest BCUT2D eigenvalue weighted by atomic mass is 79.9. The molecule has 4 nitrogen and oxygen atoms in total. The highest BCUT2D eigenvalue weighted by Gasteiger charge is 2.08. The van der Waals surface area contributed by atoms with E-state index in [1.54, 1.807) is 6.07 Å². The van der Waals surface area contributed by atoms with Gasteiger partial charge in [-0.05, 0) is 28.1 Å². The predicted molar refractivity (Wildman–Crippen MR) is 55.8 cm³/mol. The zero-order valence-corrected chi connectivity index (χ0v) is 8.98. The normalized spacial score (nSPS) is 10.7. The molecule has 6 heteroatoms. The van der Waals surface area contributed by atoms with Crippen molar-refractivity contribution in [2.45, 2.75) is 0 Å². The Bertz CT molecular complexity index is 616. The Balaban J connectivity index is 3.10. The Kier molecular flexibility index (Phi) is 2.20. The maximum absolute atomic E-state index is 11.2. The number of aromatic amines is 1. The summed E-state index contributed by atoms with van der Waals surface area (Å²) in [7, 11) is 0. The number of fused-ring (bicyclic) bond motifs is 1. The summed E-state index contributed by atoms with van der Waals surface area (Å²) in [6, 6.07) is 3.13. The summed E-state index contributed by atoms with van der Waals surface area (Å²) in [5.41, 5.74) is -0.416. The highest BCUT2D eigenvalue weighted by Crippen LogP contribution is 2.27. The Morgan fingerprint density at radius 2 is 2.07 bits per heavy atom. The lowest BCUT2D eigenvalue weighted by atomic mass is 10.2. The van der Waals surface area contributed by atoms with Gasteiger partial charge in [0.1, 0.15) is 0 Å². The van der Waals surface area contributed by atoms with E-state index in [0.717, 1.165) is 0 Å². The van der Waals surface area contributed by atoms with Crippen LogP contribution < -0.4 is 11.4 Å². The number of halogens is 2. The lowest BCUT2D eigenvalue weighted by Crippen LogP contribution is -2.14. The van der Waals surface area contributed by atoms with Gasteiger partial charge < -0.3 is 4.42 Å². The van der Waals surface area contributed by atoms with E-state index in [1.807, 2.05) is 0 Å². The lowest BCUT2D eigenvalue weighted by molar-refractivity contribution is 0.460. The molecular weight excluding hydrogens is 273 g/mol. The molecular formula is C8H3BrClNO3. The van der Waals surface area contributed by atoms with Crippen molar-refractivity contribution in [2.75, 3.05) is 0 Å². The first kappa shape index (κ1) is 9.48. The minimum absolute atomic E-state index is 0.248. The fraction of sp³-hybridized carbons (Fsp3) is 0. The average molecular weight is 276 g/mol. The minimum Gasteiger partial charge on any atom is -0.372 e. The molecule has 0 aliphatic heterocycles. The van der Waals surface area contributed by atoms with Crippen LogP contribution in [0.25, 0.3) is 10.9 Å². The van der Waals surface area contributed by atoms with Gasteiger partial charge in [0.15, 0.2) is 0 Å². The Hall–Kier alpha value is -1.07. The van der Waals surface area contributed by atoms with Crippen molar-refractivity contribution < 1.29 is 4.42 Å². The second-order valence-corrected chi connectivity index (χ2v) is 3.82. The van der Waals surface area contributed by atoms with E-state index >= 15 is 0 Å². The van der Waals surface area contributed by atoms with Gasteiger partial charge >= 0.3 is 11.4 Å². The van der Waals surface area contributed by atoms with E-state index in [-0.39, 0.29) is 15.9 Å². The van der Waals surface area contributed by atoms with Gasteiger partial charge in [-0.25, -0.2) is 9.59 Å². The van der Waals surface area contributed by atoms with E-state index in [0.29, 0.717) is 4.47 Å². The quantitative estimate of drug-likeness (QED) is 0.799. The zero-order chi connectivity index (χ0) is 10.3. The molecule has 0 fully saturated rings. The van der Waals surface area contributed by atoms with Crippen molar-refractivity contribution in [3.05, 3.63) is 42.6 Å². The molecule has 0 aliphatic carbocycles. The molecule has 1 heterocycles. The number of hydrogen-bond acceptors (Lipinski definition) is 3. The number of hydrogen-bond donors (Lipinski definition) is 1. The SMILES string of the molecule is O=c1[nH]c2c(Cl)c(Br)ccc2c(=O)o1. The fourth-order valence-electron chi connectivity index (χ4n) is 1.11. The number of benzene rings is 1. The monoisotopic (exact) mass is 275 g/mol. The summed E-state index contributed by atoms with van der Waals surface area (Å²) in [6.07, 6.45) is 0. The van der Waals surface area contributed by atoms with E-state index < -0.39 is 11.4 Å². The molecule has 0 bridgehead atoms. The molecule has 1 aromatic heterocycles. The van der Waals surface area contributed by atoms with Gasteiger partial charge in [-0.3, -0.25) is 4.98 Å². The summed E-state index contributed by atoms with van der Waals surface area (Å²) < 4.78 is 4.95. The molecule has 1 aromatic carbocycles. The summed E-state index contributed by atoms with van der Waals surface area (Å²) in [5.74, 6) is -0.817. The van der Waals surface area contributed by atoms with Crippen molar-refractivity contribution in [1.82, 2.24) is 4.98 Å². The van der Waals surface area contributed by atoms with Gasteiger partial charge in [-0.15, -0.1) is 0 Å². The summed E-state index contributed by atoms with van der Waals surface area (Å²) in [5, 5.41) is 0.533. The van der Waals surface area contributed by atoms with Crippen LogP contribution in [-0.2, 0) is 0 Å². The van der Waals surface area contributed by atoms with Gasteiger partial charge in [-0.2, -0.15) is 0 Å². The molecule has 0 amide bonds. The van der Waals surface area contributed by atoms with Gasteiger partial charge in [-0.1, -0.05) is 11.6 Å². The molecule has 0 radical (unpaired) electrons. The van der Waals surface area contributed by atoms with Gasteiger partial charge in [0.25, 0.3) is 0 Å². The van der Waals surface area contributed by atoms with Crippen LogP contribution in [0.15, 0.2) is 30.6 Å². The molecule has 2 aromatic rings. The summed E-state index contributed by atoms with van der Waals surface area (Å²) in [6.45, 7) is 0. The Morgan fingerprint density at radius 3 is 2.79 bits per heavy atom. The van der Waals surface area contributed by atoms with E-state index in [4.69, 9.17) is 11.6 Å². The van der Waals surface area contributed by atoms with E-state index in [9.17, 15) is 9.59 Å². The molecule has 0 unspecified atom stereocenters. The molecule has 1 N–H and O–H groups in total. The van der Waals surface area contributed by atoms with Crippen LogP contribution in [0.2, 0.25) is 5.02 Å². The van der Waals surface area contributed by atoms with Crippen molar-refractivity contribution in [1.29, 1.82) is 0 Å². The minimum atomic E-state index is -0.817. The van der Waals surface area contributed by atoms with Crippen LogP contribution in [0.4, 0.5) is 0 Å². The topological polar surface area (TPSA) is 63.1 Å². The molecule has 0 aliphatic rings. The van der Waals surface area contributed by atoms with Crippen molar-refractivity contribution in [3.8, 4) is 0 Å². The van der Waals surface area contributed by atoms with Crippen LogP contribution >= 0.6 is 27.5 Å². The highest BCUT2D eigenvalue weighted by molar-refractivity contribution is 9.10. The lowest BCUT2D eigenvalue weighted by Gasteiger charge is -1.99. The van der Waals surface area contributed by atoms with Crippen LogP contribution in [0.3, 0.4) is 0 Å². The predicted octanol–water partition coefficient (Wildman–Crippen LogP) is 1.90. The number of rotatable bonds is 0. The maximum atomic E-state index is 11.2.